The fourth-order valence-corrected chi connectivity index (χ4v) is 4.07. The molecule has 1 saturated heterocycles. The Balaban J connectivity index is 0.00000243. The van der Waals surface area contributed by atoms with Crippen LogP contribution in [-0.4, -0.2) is 29.9 Å². The van der Waals surface area contributed by atoms with Gasteiger partial charge >= 0.3 is 0 Å². The van der Waals surface area contributed by atoms with Gasteiger partial charge in [-0.2, -0.15) is 0 Å². The molecule has 3 nitrogen and oxygen atoms in total. The van der Waals surface area contributed by atoms with Gasteiger partial charge in [-0.3, -0.25) is 4.79 Å². The van der Waals surface area contributed by atoms with Crippen LogP contribution in [0.1, 0.15) is 25.6 Å². The zero-order valence-electron chi connectivity index (χ0n) is 15.4. The second-order valence-electron chi connectivity index (χ2n) is 7.04. The van der Waals surface area contributed by atoms with Crippen LogP contribution in [0.3, 0.4) is 0 Å². The van der Waals surface area contributed by atoms with Gasteiger partial charge in [-0.15, -0.1) is 23.7 Å². The molecule has 1 atom stereocenters. The quantitative estimate of drug-likeness (QED) is 0.775. The van der Waals surface area contributed by atoms with E-state index in [-0.39, 0.29) is 36.1 Å². The maximum Gasteiger partial charge on any atom is 0.226 e. The van der Waals surface area contributed by atoms with E-state index in [0.29, 0.717) is 12.5 Å². The van der Waals surface area contributed by atoms with Crippen molar-refractivity contribution in [3.63, 3.8) is 0 Å². The van der Waals surface area contributed by atoms with Crippen molar-refractivity contribution in [2.45, 2.75) is 33.4 Å². The first-order valence-corrected chi connectivity index (χ1v) is 9.63. The van der Waals surface area contributed by atoms with Crippen molar-refractivity contribution in [1.82, 2.24) is 10.2 Å². The van der Waals surface area contributed by atoms with Crippen LogP contribution in [0.5, 0.6) is 0 Å². The minimum absolute atomic E-state index is 0. The van der Waals surface area contributed by atoms with Gasteiger partial charge in [-0.25, -0.2) is 4.39 Å². The molecule has 1 N–H and O–H groups in total. The van der Waals surface area contributed by atoms with E-state index in [4.69, 9.17) is 0 Å². The monoisotopic (exact) mass is 396 g/mol. The fraction of sp³-hybridized carbons (Fsp3) is 0.450. The highest BCUT2D eigenvalue weighted by Crippen LogP contribution is 2.30. The zero-order valence-corrected chi connectivity index (χ0v) is 17.0. The second-order valence-corrected chi connectivity index (χ2v) is 8.21. The van der Waals surface area contributed by atoms with Crippen molar-refractivity contribution < 1.29 is 9.18 Å². The van der Waals surface area contributed by atoms with E-state index in [9.17, 15) is 9.18 Å². The molecule has 1 aliphatic rings. The number of rotatable bonds is 6. The number of carbonyl (C=O) groups excluding carboxylic acids is 1. The van der Waals surface area contributed by atoms with E-state index >= 15 is 0 Å². The summed E-state index contributed by atoms with van der Waals surface area (Å²) in [6.45, 7) is 8.63. The van der Waals surface area contributed by atoms with Gasteiger partial charge in [0, 0.05) is 21.7 Å². The van der Waals surface area contributed by atoms with E-state index in [1.807, 2.05) is 30.0 Å². The Morgan fingerprint density at radius 2 is 2.00 bits per heavy atom. The Morgan fingerprint density at radius 1 is 1.27 bits per heavy atom. The highest BCUT2D eigenvalue weighted by molar-refractivity contribution is 7.15. The molecular formula is C20H26ClFN2OS. The van der Waals surface area contributed by atoms with Gasteiger partial charge in [0.05, 0.1) is 6.54 Å². The second kappa shape index (κ2) is 8.98. The lowest BCUT2D eigenvalue weighted by Crippen LogP contribution is -2.51. The van der Waals surface area contributed by atoms with Gasteiger partial charge in [-0.1, -0.05) is 19.1 Å². The Morgan fingerprint density at radius 3 is 2.58 bits per heavy atom. The summed E-state index contributed by atoms with van der Waals surface area (Å²) in [6.07, 6.45) is 0. The molecule has 0 radical (unpaired) electrons. The predicted octanol–water partition coefficient (Wildman–Crippen LogP) is 4.57. The largest absolute Gasteiger partial charge is 0.335 e. The van der Waals surface area contributed by atoms with Gasteiger partial charge in [0.1, 0.15) is 5.82 Å². The third kappa shape index (κ3) is 4.64. The summed E-state index contributed by atoms with van der Waals surface area (Å²) in [5, 5.41) is 3.24. The van der Waals surface area contributed by atoms with Gasteiger partial charge < -0.3 is 10.2 Å². The summed E-state index contributed by atoms with van der Waals surface area (Å²) in [6, 6.07) is 10.8. The summed E-state index contributed by atoms with van der Waals surface area (Å²) in [5.74, 6) is 0.489. The number of nitrogens with zero attached hydrogens (tertiary/aromatic N) is 1. The minimum atomic E-state index is -0.227. The number of nitrogens with one attached hydrogen (secondary N) is 1. The third-order valence-corrected chi connectivity index (χ3v) is 6.03. The lowest BCUT2D eigenvalue weighted by molar-refractivity contribution is -0.139. The number of benzene rings is 1. The smallest absolute Gasteiger partial charge is 0.226 e. The standard InChI is InChI=1S/C20H25FN2OS.ClH/c1-13(2)23(20(24)14(3)16-10-22-11-16)12-18-7-8-19(25-18)15-5-4-6-17(21)9-15;/h4-9,13-14,16,22H,10-12H2,1-3H3;1H. The predicted molar refractivity (Wildman–Crippen MR) is 108 cm³/mol. The van der Waals surface area contributed by atoms with E-state index in [1.165, 1.54) is 6.07 Å². The number of carbonyl (C=O) groups is 1. The number of hydrogen-bond donors (Lipinski definition) is 1. The topological polar surface area (TPSA) is 32.3 Å². The number of amides is 1. The summed E-state index contributed by atoms with van der Waals surface area (Å²) in [7, 11) is 0. The first-order valence-electron chi connectivity index (χ1n) is 8.81. The minimum Gasteiger partial charge on any atom is -0.335 e. The Kier molecular flexibility index (Phi) is 7.21. The highest BCUT2D eigenvalue weighted by Gasteiger charge is 2.32. The van der Waals surface area contributed by atoms with Crippen LogP contribution in [0.2, 0.25) is 0 Å². The van der Waals surface area contributed by atoms with Gasteiger partial charge in [0.15, 0.2) is 0 Å². The van der Waals surface area contributed by atoms with Crippen LogP contribution in [-0.2, 0) is 11.3 Å². The summed E-state index contributed by atoms with van der Waals surface area (Å²) in [5.41, 5.74) is 0.882. The summed E-state index contributed by atoms with van der Waals surface area (Å²) >= 11 is 1.62. The van der Waals surface area contributed by atoms with Gasteiger partial charge in [0.25, 0.3) is 0 Å². The molecule has 2 aromatic rings. The van der Waals surface area contributed by atoms with E-state index in [1.54, 1.807) is 23.5 Å². The first-order chi connectivity index (χ1) is 12.0. The zero-order chi connectivity index (χ0) is 18.0. The molecule has 3 rings (SSSR count). The van der Waals surface area contributed by atoms with Crippen LogP contribution < -0.4 is 5.32 Å². The molecule has 1 fully saturated rings. The Labute approximate surface area is 165 Å². The SMILES string of the molecule is CC(C(=O)N(Cc1ccc(-c2cccc(F)c2)s1)C(C)C)C1CNC1.Cl. The van der Waals surface area contributed by atoms with Crippen LogP contribution >= 0.6 is 23.7 Å². The molecule has 1 aromatic heterocycles. The third-order valence-electron chi connectivity index (χ3n) is 4.91. The Hall–Kier alpha value is -1.43. The normalized spacial score (nSPS) is 15.3. The highest BCUT2D eigenvalue weighted by atomic mass is 35.5. The van der Waals surface area contributed by atoms with E-state index < -0.39 is 0 Å². The lowest BCUT2D eigenvalue weighted by Gasteiger charge is -2.36. The summed E-state index contributed by atoms with van der Waals surface area (Å²) in [4.78, 5) is 17.0. The maximum atomic E-state index is 13.4. The Bertz CT molecular complexity index is 745. The molecule has 0 saturated carbocycles. The molecule has 0 aliphatic carbocycles. The van der Waals surface area contributed by atoms with Crippen LogP contribution in [0, 0.1) is 17.7 Å². The van der Waals surface area contributed by atoms with Crippen molar-refractivity contribution in [1.29, 1.82) is 0 Å². The lowest BCUT2D eigenvalue weighted by atomic mass is 9.87. The molecule has 6 heteroatoms. The molecule has 26 heavy (non-hydrogen) atoms. The van der Waals surface area contributed by atoms with Crippen molar-refractivity contribution in [2.75, 3.05) is 13.1 Å². The average molecular weight is 397 g/mol. The van der Waals surface area contributed by atoms with Crippen LogP contribution in [0.4, 0.5) is 4.39 Å². The molecule has 1 unspecified atom stereocenters. The molecule has 0 spiro atoms. The molecule has 1 aromatic carbocycles. The average Bonchev–Trinajstić information content (AvgIpc) is 2.98. The van der Waals surface area contributed by atoms with Crippen LogP contribution in [0.25, 0.3) is 10.4 Å². The molecule has 1 amide bonds. The van der Waals surface area contributed by atoms with Crippen molar-refractivity contribution >= 4 is 29.7 Å². The fourth-order valence-electron chi connectivity index (χ4n) is 3.07. The molecule has 142 valence electrons. The molecular weight excluding hydrogens is 371 g/mol. The van der Waals surface area contributed by atoms with E-state index in [2.05, 4.69) is 19.2 Å². The summed E-state index contributed by atoms with van der Waals surface area (Å²) < 4.78 is 13.4. The maximum absolute atomic E-state index is 13.4. The molecule has 2 heterocycles. The molecule has 0 bridgehead atoms. The van der Waals surface area contributed by atoms with Crippen molar-refractivity contribution in [3.05, 3.63) is 47.1 Å². The van der Waals surface area contributed by atoms with Crippen molar-refractivity contribution in [2.24, 2.45) is 11.8 Å². The van der Waals surface area contributed by atoms with Crippen LogP contribution in [0.15, 0.2) is 36.4 Å². The van der Waals surface area contributed by atoms with Crippen molar-refractivity contribution in [3.8, 4) is 10.4 Å². The van der Waals surface area contributed by atoms with E-state index in [0.717, 1.165) is 28.4 Å². The van der Waals surface area contributed by atoms with Gasteiger partial charge in [0.2, 0.25) is 5.91 Å². The number of thiophene rings is 1. The van der Waals surface area contributed by atoms with Gasteiger partial charge in [-0.05, 0) is 62.7 Å². The number of hydrogen-bond acceptors (Lipinski definition) is 3. The number of halogens is 2. The molecule has 1 aliphatic heterocycles. The first kappa shape index (κ1) is 20.9.